The minimum atomic E-state index is -1.40. The number of aromatic nitrogens is 3. The van der Waals surface area contributed by atoms with Gasteiger partial charge in [0.1, 0.15) is 18.5 Å². The van der Waals surface area contributed by atoms with Crippen LogP contribution >= 0.6 is 0 Å². The Morgan fingerprint density at radius 3 is 2.57 bits per heavy atom. The quantitative estimate of drug-likeness (QED) is 0.844. The standard InChI is InChI=1S/C20H26FN5O2/c21-18-5-2-1-4-16(18)12-25-9-3-8-20(28,19(25)27)13-24-10-6-17(7-11-24)26-14-22-23-15-26/h1-2,4-5,14-15,17,28H,3,6-13H2/t20-/m0/s1. The molecule has 28 heavy (non-hydrogen) atoms. The average Bonchev–Trinajstić information content (AvgIpc) is 3.23. The minimum absolute atomic E-state index is 0.198. The summed E-state index contributed by atoms with van der Waals surface area (Å²) in [6, 6.07) is 6.85. The Morgan fingerprint density at radius 1 is 1.14 bits per heavy atom. The molecule has 2 aromatic rings. The molecular formula is C20H26FN5O2. The molecule has 1 aromatic heterocycles. The van der Waals surface area contributed by atoms with Gasteiger partial charge in [-0.3, -0.25) is 9.69 Å². The monoisotopic (exact) mass is 387 g/mol. The first-order valence-electron chi connectivity index (χ1n) is 9.87. The largest absolute Gasteiger partial charge is 0.379 e. The summed E-state index contributed by atoms with van der Waals surface area (Å²) in [4.78, 5) is 16.7. The molecule has 150 valence electrons. The minimum Gasteiger partial charge on any atom is -0.379 e. The normalized spacial score (nSPS) is 24.6. The predicted molar refractivity (Wildman–Crippen MR) is 101 cm³/mol. The summed E-state index contributed by atoms with van der Waals surface area (Å²) >= 11 is 0. The Kier molecular flexibility index (Phi) is 5.41. The number of aliphatic hydroxyl groups is 1. The van der Waals surface area contributed by atoms with Gasteiger partial charge in [0.25, 0.3) is 5.91 Å². The van der Waals surface area contributed by atoms with Crippen LogP contribution in [-0.4, -0.2) is 67.4 Å². The van der Waals surface area contributed by atoms with E-state index in [1.165, 1.54) is 6.07 Å². The maximum absolute atomic E-state index is 14.0. The third-order valence-corrected chi connectivity index (χ3v) is 5.92. The fourth-order valence-corrected chi connectivity index (χ4v) is 4.34. The lowest BCUT2D eigenvalue weighted by atomic mass is 9.89. The van der Waals surface area contributed by atoms with Crippen molar-refractivity contribution >= 4 is 5.91 Å². The maximum Gasteiger partial charge on any atom is 0.256 e. The highest BCUT2D eigenvalue weighted by Crippen LogP contribution is 2.28. The third-order valence-electron chi connectivity index (χ3n) is 5.92. The maximum atomic E-state index is 14.0. The third kappa shape index (κ3) is 3.93. The Hall–Kier alpha value is -2.32. The second kappa shape index (κ2) is 7.97. The van der Waals surface area contributed by atoms with E-state index in [0.717, 1.165) is 25.9 Å². The Bertz CT molecular complexity index is 807. The van der Waals surface area contributed by atoms with Crippen molar-refractivity contribution in [3.63, 3.8) is 0 Å². The summed E-state index contributed by atoms with van der Waals surface area (Å²) in [6.45, 7) is 2.70. The zero-order valence-corrected chi connectivity index (χ0v) is 15.9. The fraction of sp³-hybridized carbons (Fsp3) is 0.550. The van der Waals surface area contributed by atoms with E-state index >= 15 is 0 Å². The van der Waals surface area contributed by atoms with Gasteiger partial charge in [0.05, 0.1) is 0 Å². The molecule has 0 saturated carbocycles. The van der Waals surface area contributed by atoms with Gasteiger partial charge in [-0.15, -0.1) is 10.2 Å². The lowest BCUT2D eigenvalue weighted by molar-refractivity contribution is -0.160. The average molecular weight is 387 g/mol. The van der Waals surface area contributed by atoms with Crippen molar-refractivity contribution in [2.75, 3.05) is 26.2 Å². The molecule has 2 saturated heterocycles. The van der Waals surface area contributed by atoms with Gasteiger partial charge < -0.3 is 14.6 Å². The number of carbonyl (C=O) groups excluding carboxylic acids is 1. The number of β-amino-alcohol motifs (C(OH)–C–C–N with tert-alkyl or cyclic N) is 1. The summed E-state index contributed by atoms with van der Waals surface area (Å²) in [5.74, 6) is -0.608. The van der Waals surface area contributed by atoms with Crippen molar-refractivity contribution in [3.05, 3.63) is 48.3 Å². The van der Waals surface area contributed by atoms with Crippen LogP contribution in [0.1, 0.15) is 37.3 Å². The lowest BCUT2D eigenvalue weighted by Crippen LogP contribution is -2.59. The van der Waals surface area contributed by atoms with E-state index in [1.54, 1.807) is 35.8 Å². The summed E-state index contributed by atoms with van der Waals surface area (Å²) in [6.07, 6.45) is 6.50. The number of amides is 1. The van der Waals surface area contributed by atoms with Crippen LogP contribution in [0.5, 0.6) is 0 Å². The van der Waals surface area contributed by atoms with Gasteiger partial charge >= 0.3 is 0 Å². The van der Waals surface area contributed by atoms with Crippen LogP contribution in [0, 0.1) is 5.82 Å². The zero-order chi connectivity index (χ0) is 19.6. The van der Waals surface area contributed by atoms with Gasteiger partial charge in [-0.25, -0.2) is 4.39 Å². The number of hydrogen-bond acceptors (Lipinski definition) is 5. The predicted octanol–water partition coefficient (Wildman–Crippen LogP) is 1.61. The number of carbonyl (C=O) groups is 1. The molecule has 0 bridgehead atoms. The topological polar surface area (TPSA) is 74.5 Å². The van der Waals surface area contributed by atoms with E-state index in [2.05, 4.69) is 15.1 Å². The van der Waals surface area contributed by atoms with E-state index in [0.29, 0.717) is 37.5 Å². The molecule has 8 heteroatoms. The number of rotatable bonds is 5. The van der Waals surface area contributed by atoms with Gasteiger partial charge in [0.2, 0.25) is 0 Å². The smallest absolute Gasteiger partial charge is 0.256 e. The van der Waals surface area contributed by atoms with Crippen molar-refractivity contribution in [2.45, 2.75) is 43.9 Å². The Morgan fingerprint density at radius 2 is 1.86 bits per heavy atom. The Balaban J connectivity index is 1.37. The van der Waals surface area contributed by atoms with Crippen LogP contribution in [0.15, 0.2) is 36.9 Å². The Labute approximate surface area is 163 Å². The number of likely N-dealkylation sites (tertiary alicyclic amines) is 2. The van der Waals surface area contributed by atoms with Gasteiger partial charge in [0.15, 0.2) is 5.60 Å². The van der Waals surface area contributed by atoms with Crippen LogP contribution in [0.2, 0.25) is 0 Å². The molecular weight excluding hydrogens is 361 g/mol. The molecule has 0 aliphatic carbocycles. The van der Waals surface area contributed by atoms with Crippen LogP contribution < -0.4 is 0 Å². The summed E-state index contributed by atoms with van der Waals surface area (Å²) in [5.41, 5.74) is -0.915. The van der Waals surface area contributed by atoms with Gasteiger partial charge in [-0.2, -0.15) is 0 Å². The highest BCUT2D eigenvalue weighted by atomic mass is 19.1. The SMILES string of the molecule is O=C1N(Cc2ccccc2F)CCC[C@]1(O)CN1CCC(n2cnnc2)CC1. The number of benzene rings is 1. The van der Waals surface area contributed by atoms with Crippen molar-refractivity contribution in [1.29, 1.82) is 0 Å². The van der Waals surface area contributed by atoms with Crippen LogP contribution in [0.3, 0.4) is 0 Å². The number of halogens is 1. The zero-order valence-electron chi connectivity index (χ0n) is 15.9. The molecule has 2 aliphatic heterocycles. The number of piperidine rings is 2. The fourth-order valence-electron chi connectivity index (χ4n) is 4.34. The molecule has 0 radical (unpaired) electrons. The van der Waals surface area contributed by atoms with Crippen molar-refractivity contribution in [1.82, 2.24) is 24.6 Å². The molecule has 4 rings (SSSR count). The molecule has 1 aromatic carbocycles. The molecule has 3 heterocycles. The summed E-state index contributed by atoms with van der Waals surface area (Å²) in [7, 11) is 0. The number of hydrogen-bond donors (Lipinski definition) is 1. The lowest BCUT2D eigenvalue weighted by Gasteiger charge is -2.42. The first kappa shape index (κ1) is 19.0. The van der Waals surface area contributed by atoms with Crippen LogP contribution in [0.25, 0.3) is 0 Å². The summed E-state index contributed by atoms with van der Waals surface area (Å²) < 4.78 is 16.0. The van der Waals surface area contributed by atoms with Crippen molar-refractivity contribution in [2.24, 2.45) is 0 Å². The molecule has 1 amide bonds. The van der Waals surface area contributed by atoms with Gasteiger partial charge in [-0.05, 0) is 31.7 Å². The van der Waals surface area contributed by atoms with Gasteiger partial charge in [-0.1, -0.05) is 18.2 Å². The number of nitrogens with zero attached hydrogens (tertiary/aromatic N) is 5. The van der Waals surface area contributed by atoms with E-state index in [1.807, 2.05) is 4.57 Å². The van der Waals surface area contributed by atoms with E-state index in [9.17, 15) is 14.3 Å². The molecule has 1 atom stereocenters. The molecule has 2 fully saturated rings. The second-order valence-electron chi connectivity index (χ2n) is 7.87. The van der Waals surface area contributed by atoms with Crippen LogP contribution in [-0.2, 0) is 11.3 Å². The second-order valence-corrected chi connectivity index (χ2v) is 7.87. The molecule has 0 spiro atoms. The first-order chi connectivity index (χ1) is 13.5. The molecule has 7 nitrogen and oxygen atoms in total. The molecule has 2 aliphatic rings. The van der Waals surface area contributed by atoms with Gasteiger partial charge in [0, 0.05) is 44.3 Å². The van der Waals surface area contributed by atoms with Crippen molar-refractivity contribution in [3.8, 4) is 0 Å². The highest BCUT2D eigenvalue weighted by molar-refractivity contribution is 5.86. The van der Waals surface area contributed by atoms with Crippen LogP contribution in [0.4, 0.5) is 4.39 Å². The highest BCUT2D eigenvalue weighted by Gasteiger charge is 2.43. The van der Waals surface area contributed by atoms with E-state index < -0.39 is 5.60 Å². The molecule has 1 N–H and O–H groups in total. The van der Waals surface area contributed by atoms with Crippen molar-refractivity contribution < 1.29 is 14.3 Å². The summed E-state index contributed by atoms with van der Waals surface area (Å²) in [5, 5.41) is 18.8. The van der Waals surface area contributed by atoms with E-state index in [4.69, 9.17) is 0 Å². The molecule has 0 unspecified atom stereocenters. The van der Waals surface area contributed by atoms with E-state index in [-0.39, 0.29) is 18.3 Å². The first-order valence-corrected chi connectivity index (χ1v) is 9.87.